The quantitative estimate of drug-likeness (QED) is 0.549. The first-order valence-corrected chi connectivity index (χ1v) is 9.20. The number of allylic oxidation sites excluding steroid dienone is 1. The van der Waals surface area contributed by atoms with Crippen molar-refractivity contribution in [2.75, 3.05) is 40.5 Å². The molecule has 0 N–H and O–H groups in total. The molecule has 0 radical (unpaired) electrons. The van der Waals surface area contributed by atoms with Gasteiger partial charge in [0.2, 0.25) is 0 Å². The maximum atomic E-state index is 12.5. The fourth-order valence-corrected chi connectivity index (χ4v) is 2.85. The lowest BCUT2D eigenvalue weighted by Crippen LogP contribution is -2.42. The average molecular weight is 397 g/mol. The number of hydrogen-bond donors (Lipinski definition) is 0. The Morgan fingerprint density at radius 2 is 1.72 bits per heavy atom. The Hall–Kier alpha value is -3.32. The van der Waals surface area contributed by atoms with E-state index in [9.17, 15) is 9.59 Å². The molecule has 1 saturated heterocycles. The number of nitrogens with zero attached hydrogens (tertiary/aromatic N) is 1. The highest BCUT2D eigenvalue weighted by atomic mass is 16.6. The predicted octanol–water partition coefficient (Wildman–Crippen LogP) is 3.43. The summed E-state index contributed by atoms with van der Waals surface area (Å²) < 4.78 is 21.3. The van der Waals surface area contributed by atoms with E-state index in [1.807, 2.05) is 0 Å². The van der Waals surface area contributed by atoms with Crippen molar-refractivity contribution < 1.29 is 28.5 Å². The number of ketones is 1. The van der Waals surface area contributed by atoms with Crippen LogP contribution in [0.3, 0.4) is 0 Å². The van der Waals surface area contributed by atoms with Gasteiger partial charge in [-0.1, -0.05) is 12.1 Å². The Bertz CT molecular complexity index is 885. The van der Waals surface area contributed by atoms with Crippen molar-refractivity contribution in [1.29, 1.82) is 0 Å². The van der Waals surface area contributed by atoms with Crippen LogP contribution < -0.4 is 14.2 Å². The molecule has 0 saturated carbocycles. The van der Waals surface area contributed by atoms with Crippen LogP contribution in [0.25, 0.3) is 6.08 Å². The van der Waals surface area contributed by atoms with E-state index >= 15 is 0 Å². The van der Waals surface area contributed by atoms with Crippen LogP contribution in [0.5, 0.6) is 17.2 Å². The number of morpholine rings is 1. The van der Waals surface area contributed by atoms with E-state index in [1.165, 1.54) is 13.2 Å². The molecule has 0 unspecified atom stereocenters. The molecule has 0 spiro atoms. The zero-order valence-corrected chi connectivity index (χ0v) is 16.4. The Labute approximate surface area is 169 Å². The minimum absolute atomic E-state index is 0.180. The minimum atomic E-state index is -0.478. The standard InChI is InChI=1S/C22H23NO6/c1-26-18-9-6-16(7-10-18)19(24)11-8-17-4-3-5-20(27-2)21(17)29-22(25)23-12-14-28-15-13-23/h3-11H,12-15H2,1-2H3. The Balaban J connectivity index is 1.79. The normalized spacial score (nSPS) is 13.9. The molecule has 0 atom stereocenters. The molecule has 0 aromatic heterocycles. The largest absolute Gasteiger partial charge is 0.497 e. The van der Waals surface area contributed by atoms with Gasteiger partial charge in [0.15, 0.2) is 17.3 Å². The van der Waals surface area contributed by atoms with E-state index in [0.29, 0.717) is 48.9 Å². The summed E-state index contributed by atoms with van der Waals surface area (Å²) >= 11 is 0. The number of benzene rings is 2. The number of rotatable bonds is 6. The van der Waals surface area contributed by atoms with Gasteiger partial charge < -0.3 is 23.8 Å². The first-order chi connectivity index (χ1) is 14.1. The predicted molar refractivity (Wildman–Crippen MR) is 108 cm³/mol. The minimum Gasteiger partial charge on any atom is -0.497 e. The highest BCUT2D eigenvalue weighted by molar-refractivity contribution is 6.07. The van der Waals surface area contributed by atoms with Gasteiger partial charge in [-0.25, -0.2) is 4.79 Å². The van der Waals surface area contributed by atoms with Crippen LogP contribution in [0.1, 0.15) is 15.9 Å². The molecule has 1 amide bonds. The van der Waals surface area contributed by atoms with Crippen molar-refractivity contribution in [3.63, 3.8) is 0 Å². The Morgan fingerprint density at radius 1 is 1.00 bits per heavy atom. The molecule has 3 rings (SSSR count). The summed E-state index contributed by atoms with van der Waals surface area (Å²) in [6.45, 7) is 1.89. The molecule has 152 valence electrons. The van der Waals surface area contributed by atoms with Gasteiger partial charge in [0.25, 0.3) is 0 Å². The molecule has 2 aromatic carbocycles. The lowest BCUT2D eigenvalue weighted by Gasteiger charge is -2.26. The van der Waals surface area contributed by atoms with Crippen LogP contribution in [0.4, 0.5) is 4.79 Å². The third-order valence-corrected chi connectivity index (χ3v) is 4.48. The van der Waals surface area contributed by atoms with Gasteiger partial charge in [-0.2, -0.15) is 0 Å². The van der Waals surface area contributed by atoms with E-state index < -0.39 is 6.09 Å². The zero-order valence-electron chi connectivity index (χ0n) is 16.4. The second-order valence-electron chi connectivity index (χ2n) is 6.27. The van der Waals surface area contributed by atoms with Crippen molar-refractivity contribution in [1.82, 2.24) is 4.90 Å². The number of ether oxygens (including phenoxy) is 4. The third kappa shape index (κ3) is 5.14. The topological polar surface area (TPSA) is 74.3 Å². The summed E-state index contributed by atoms with van der Waals surface area (Å²) in [5.41, 5.74) is 1.09. The SMILES string of the molecule is COc1ccc(C(=O)C=Cc2cccc(OC)c2OC(=O)N2CCOCC2)cc1. The molecule has 1 aliphatic heterocycles. The molecule has 2 aromatic rings. The molecule has 0 aliphatic carbocycles. The number of carbonyl (C=O) groups excluding carboxylic acids is 2. The second kappa shape index (κ2) is 9.75. The molecular formula is C22H23NO6. The number of hydrogen-bond acceptors (Lipinski definition) is 6. The first-order valence-electron chi connectivity index (χ1n) is 9.20. The summed E-state index contributed by atoms with van der Waals surface area (Å²) in [5, 5.41) is 0. The van der Waals surface area contributed by atoms with Crippen LogP contribution in [0.2, 0.25) is 0 Å². The van der Waals surface area contributed by atoms with Crippen LogP contribution in [-0.4, -0.2) is 57.3 Å². The smallest absolute Gasteiger partial charge is 0.415 e. The monoisotopic (exact) mass is 397 g/mol. The van der Waals surface area contributed by atoms with Gasteiger partial charge in [-0.3, -0.25) is 4.79 Å². The van der Waals surface area contributed by atoms with Crippen molar-refractivity contribution in [2.24, 2.45) is 0 Å². The second-order valence-corrected chi connectivity index (χ2v) is 6.27. The van der Waals surface area contributed by atoms with Crippen LogP contribution >= 0.6 is 0 Å². The highest BCUT2D eigenvalue weighted by Crippen LogP contribution is 2.32. The fourth-order valence-electron chi connectivity index (χ4n) is 2.85. The van der Waals surface area contributed by atoms with Gasteiger partial charge in [-0.05, 0) is 42.5 Å². The number of methoxy groups -OCH3 is 2. The summed E-state index contributed by atoms with van der Waals surface area (Å²) in [6, 6.07) is 12.0. The van der Waals surface area contributed by atoms with Crippen LogP contribution in [0.15, 0.2) is 48.5 Å². The lowest BCUT2D eigenvalue weighted by atomic mass is 10.1. The summed E-state index contributed by atoms with van der Waals surface area (Å²) in [6.07, 6.45) is 2.56. The summed E-state index contributed by atoms with van der Waals surface area (Å²) in [7, 11) is 3.07. The summed E-state index contributed by atoms with van der Waals surface area (Å²) in [4.78, 5) is 26.5. The van der Waals surface area contributed by atoms with E-state index in [1.54, 1.807) is 60.6 Å². The Kier molecular flexibility index (Phi) is 6.86. The van der Waals surface area contributed by atoms with Gasteiger partial charge in [0, 0.05) is 24.2 Å². The van der Waals surface area contributed by atoms with Crippen molar-refractivity contribution in [2.45, 2.75) is 0 Å². The molecule has 1 aliphatic rings. The maximum absolute atomic E-state index is 12.5. The molecular weight excluding hydrogens is 374 g/mol. The maximum Gasteiger partial charge on any atom is 0.415 e. The molecule has 7 heteroatoms. The summed E-state index contributed by atoms with van der Waals surface area (Å²) in [5.74, 6) is 1.17. The number of carbonyl (C=O) groups is 2. The molecule has 1 heterocycles. The lowest BCUT2D eigenvalue weighted by molar-refractivity contribution is 0.0413. The number of amides is 1. The van der Waals surface area contributed by atoms with Gasteiger partial charge in [0.1, 0.15) is 5.75 Å². The van der Waals surface area contributed by atoms with Crippen molar-refractivity contribution >= 4 is 18.0 Å². The first kappa shape index (κ1) is 20.4. The van der Waals surface area contributed by atoms with Crippen LogP contribution in [-0.2, 0) is 4.74 Å². The highest BCUT2D eigenvalue weighted by Gasteiger charge is 2.21. The zero-order chi connectivity index (χ0) is 20.6. The van der Waals surface area contributed by atoms with E-state index in [0.717, 1.165) is 0 Å². The molecule has 1 fully saturated rings. The van der Waals surface area contributed by atoms with Gasteiger partial charge >= 0.3 is 6.09 Å². The van der Waals surface area contributed by atoms with Crippen LogP contribution in [0, 0.1) is 0 Å². The van der Waals surface area contributed by atoms with E-state index in [2.05, 4.69) is 0 Å². The van der Waals surface area contributed by atoms with E-state index in [4.69, 9.17) is 18.9 Å². The van der Waals surface area contributed by atoms with Gasteiger partial charge in [-0.15, -0.1) is 0 Å². The third-order valence-electron chi connectivity index (χ3n) is 4.48. The van der Waals surface area contributed by atoms with E-state index in [-0.39, 0.29) is 11.5 Å². The molecule has 7 nitrogen and oxygen atoms in total. The fraction of sp³-hybridized carbons (Fsp3) is 0.273. The van der Waals surface area contributed by atoms with Crippen molar-refractivity contribution in [3.05, 3.63) is 59.7 Å². The van der Waals surface area contributed by atoms with Gasteiger partial charge in [0.05, 0.1) is 27.4 Å². The molecule has 0 bridgehead atoms. The molecule has 29 heavy (non-hydrogen) atoms. The number of para-hydroxylation sites is 1. The Morgan fingerprint density at radius 3 is 2.38 bits per heavy atom. The van der Waals surface area contributed by atoms with Crippen molar-refractivity contribution in [3.8, 4) is 17.2 Å². The average Bonchev–Trinajstić information content (AvgIpc) is 2.78.